The summed E-state index contributed by atoms with van der Waals surface area (Å²) in [5.74, 6) is -2.10. The van der Waals surface area contributed by atoms with Gasteiger partial charge in [0.15, 0.2) is 6.61 Å². The van der Waals surface area contributed by atoms with Gasteiger partial charge in [-0.1, -0.05) is 18.2 Å². The van der Waals surface area contributed by atoms with E-state index < -0.39 is 29.3 Å². The summed E-state index contributed by atoms with van der Waals surface area (Å²) < 4.78 is 5.03. The Morgan fingerprint density at radius 1 is 1.24 bits per heavy atom. The molecule has 1 N–H and O–H groups in total. The number of aryl methyl sites for hydroxylation is 1. The van der Waals surface area contributed by atoms with E-state index in [9.17, 15) is 24.5 Å². The maximum atomic E-state index is 12.3. The molecule has 1 fully saturated rings. The van der Waals surface area contributed by atoms with Crippen molar-refractivity contribution < 1.29 is 24.0 Å². The second-order valence-electron chi connectivity index (χ2n) is 6.71. The average Bonchev–Trinajstić information content (AvgIpc) is 3.08. The average molecular weight is 397 g/mol. The van der Waals surface area contributed by atoms with Crippen LogP contribution in [-0.4, -0.2) is 35.9 Å². The number of esters is 1. The lowest BCUT2D eigenvalue weighted by Gasteiger charge is -2.17. The molecule has 0 saturated carbocycles. The number of nitrogens with one attached hydrogen (secondary N) is 1. The van der Waals surface area contributed by atoms with Gasteiger partial charge in [0, 0.05) is 36.5 Å². The highest BCUT2D eigenvalue weighted by atomic mass is 16.6. The predicted molar refractivity (Wildman–Crippen MR) is 104 cm³/mol. The third-order valence-electron chi connectivity index (χ3n) is 4.46. The van der Waals surface area contributed by atoms with Crippen LogP contribution >= 0.6 is 0 Å². The Kier molecular flexibility index (Phi) is 5.87. The van der Waals surface area contributed by atoms with Crippen LogP contribution in [0.3, 0.4) is 0 Å². The van der Waals surface area contributed by atoms with Gasteiger partial charge in [0.2, 0.25) is 5.91 Å². The second kappa shape index (κ2) is 8.51. The first-order valence-electron chi connectivity index (χ1n) is 8.91. The number of rotatable bonds is 6. The van der Waals surface area contributed by atoms with Crippen LogP contribution in [0.1, 0.15) is 12.0 Å². The fourth-order valence-electron chi connectivity index (χ4n) is 3.06. The van der Waals surface area contributed by atoms with Crippen molar-refractivity contribution in [1.29, 1.82) is 0 Å². The first-order valence-corrected chi connectivity index (χ1v) is 8.91. The van der Waals surface area contributed by atoms with E-state index in [1.165, 1.54) is 29.2 Å². The highest BCUT2D eigenvalue weighted by molar-refractivity contribution is 6.00. The molecule has 3 rings (SSSR count). The van der Waals surface area contributed by atoms with Crippen molar-refractivity contribution in [3.63, 3.8) is 0 Å². The zero-order valence-corrected chi connectivity index (χ0v) is 15.7. The Labute approximate surface area is 166 Å². The minimum absolute atomic E-state index is 0.0132. The summed E-state index contributed by atoms with van der Waals surface area (Å²) in [4.78, 5) is 48.2. The van der Waals surface area contributed by atoms with Crippen LogP contribution in [0.2, 0.25) is 0 Å². The van der Waals surface area contributed by atoms with Gasteiger partial charge < -0.3 is 15.0 Å². The monoisotopic (exact) mass is 397 g/mol. The van der Waals surface area contributed by atoms with E-state index in [1.54, 1.807) is 6.07 Å². The molecule has 29 heavy (non-hydrogen) atoms. The minimum atomic E-state index is -0.659. The second-order valence-corrected chi connectivity index (χ2v) is 6.71. The number of amides is 2. The number of ether oxygens (including phenoxy) is 1. The molecule has 2 amide bonds. The Balaban J connectivity index is 1.53. The fraction of sp³-hybridized carbons (Fsp3) is 0.250. The molecule has 9 heteroatoms. The van der Waals surface area contributed by atoms with E-state index >= 15 is 0 Å². The van der Waals surface area contributed by atoms with Crippen molar-refractivity contribution in [3.05, 3.63) is 64.2 Å². The number of hydrogen-bond donors (Lipinski definition) is 1. The lowest BCUT2D eigenvalue weighted by Crippen LogP contribution is -2.28. The molecule has 9 nitrogen and oxygen atoms in total. The number of hydrogen-bond acceptors (Lipinski definition) is 6. The summed E-state index contributed by atoms with van der Waals surface area (Å²) in [5.41, 5.74) is 1.77. The van der Waals surface area contributed by atoms with Gasteiger partial charge >= 0.3 is 5.97 Å². The molecule has 1 aliphatic rings. The smallest absolute Gasteiger partial charge is 0.311 e. The summed E-state index contributed by atoms with van der Waals surface area (Å²) in [5, 5.41) is 13.2. The number of carbonyl (C=O) groups excluding carboxylic acids is 3. The fourth-order valence-corrected chi connectivity index (χ4v) is 3.06. The number of benzene rings is 2. The number of anilines is 2. The third-order valence-corrected chi connectivity index (χ3v) is 4.46. The van der Waals surface area contributed by atoms with Gasteiger partial charge in [-0.05, 0) is 30.7 Å². The van der Waals surface area contributed by atoms with E-state index in [4.69, 9.17) is 4.74 Å². The maximum absolute atomic E-state index is 12.3. The number of non-ortho nitro benzene ring substituents is 1. The highest BCUT2D eigenvalue weighted by Gasteiger charge is 2.36. The van der Waals surface area contributed by atoms with Gasteiger partial charge in [-0.15, -0.1) is 0 Å². The molecule has 0 aromatic heterocycles. The highest BCUT2D eigenvalue weighted by Crippen LogP contribution is 2.26. The molecule has 150 valence electrons. The Hall–Kier alpha value is -3.75. The number of nitro benzene ring substituents is 1. The molecule has 0 unspecified atom stereocenters. The molecule has 0 radical (unpaired) electrons. The van der Waals surface area contributed by atoms with E-state index in [2.05, 4.69) is 5.32 Å². The predicted octanol–water partition coefficient (Wildman–Crippen LogP) is 2.44. The molecular weight excluding hydrogens is 378 g/mol. The van der Waals surface area contributed by atoms with E-state index in [1.807, 2.05) is 25.1 Å². The van der Waals surface area contributed by atoms with Gasteiger partial charge in [-0.25, -0.2) is 0 Å². The molecule has 1 saturated heterocycles. The summed E-state index contributed by atoms with van der Waals surface area (Å²) in [6, 6.07) is 12.8. The van der Waals surface area contributed by atoms with Crippen LogP contribution in [0.25, 0.3) is 0 Å². The number of carbonyl (C=O) groups is 3. The quantitative estimate of drug-likeness (QED) is 0.454. The standard InChI is InChI=1S/C20H19N3O6/c1-13-4-2-6-16(8-13)22-11-14(9-19(22)25)20(26)29-12-18(24)21-15-5-3-7-17(10-15)23(27)28/h2-8,10,14H,9,11-12H2,1H3,(H,21,24)/t14-/m1/s1. The Morgan fingerprint density at radius 3 is 2.72 bits per heavy atom. The molecule has 2 aromatic rings. The van der Waals surface area contributed by atoms with Gasteiger partial charge in [-0.2, -0.15) is 0 Å². The summed E-state index contributed by atoms with van der Waals surface area (Å²) in [7, 11) is 0. The Bertz CT molecular complexity index is 974. The number of nitrogens with zero attached hydrogens (tertiary/aromatic N) is 2. The van der Waals surface area contributed by atoms with E-state index in [0.29, 0.717) is 5.69 Å². The maximum Gasteiger partial charge on any atom is 0.311 e. The summed E-state index contributed by atoms with van der Waals surface area (Å²) >= 11 is 0. The van der Waals surface area contributed by atoms with Crippen molar-refractivity contribution >= 4 is 34.8 Å². The van der Waals surface area contributed by atoms with Crippen molar-refractivity contribution in [2.24, 2.45) is 5.92 Å². The number of nitro groups is 1. The van der Waals surface area contributed by atoms with Gasteiger partial charge in [-0.3, -0.25) is 24.5 Å². The molecule has 1 heterocycles. The van der Waals surface area contributed by atoms with Gasteiger partial charge in [0.05, 0.1) is 10.8 Å². The molecule has 0 spiro atoms. The summed E-state index contributed by atoms with van der Waals surface area (Å²) in [6.45, 7) is 1.56. The van der Waals surface area contributed by atoms with Gasteiger partial charge in [0.1, 0.15) is 0 Å². The van der Waals surface area contributed by atoms with Crippen molar-refractivity contribution in [3.8, 4) is 0 Å². The first-order chi connectivity index (χ1) is 13.8. The molecular formula is C20H19N3O6. The normalized spacial score (nSPS) is 15.8. The zero-order valence-electron chi connectivity index (χ0n) is 15.7. The molecule has 1 atom stereocenters. The largest absolute Gasteiger partial charge is 0.455 e. The van der Waals surface area contributed by atoms with Crippen LogP contribution in [0.5, 0.6) is 0 Å². The van der Waals surface area contributed by atoms with Crippen LogP contribution in [0, 0.1) is 23.0 Å². The van der Waals surface area contributed by atoms with Crippen LogP contribution in [0.4, 0.5) is 17.1 Å². The van der Waals surface area contributed by atoms with E-state index in [-0.39, 0.29) is 30.2 Å². The summed E-state index contributed by atoms with van der Waals surface area (Å²) in [6.07, 6.45) is 0.0132. The Morgan fingerprint density at radius 2 is 2.00 bits per heavy atom. The van der Waals surface area contributed by atoms with Crippen molar-refractivity contribution in [2.75, 3.05) is 23.4 Å². The van der Waals surface area contributed by atoms with E-state index in [0.717, 1.165) is 5.56 Å². The van der Waals surface area contributed by atoms with Crippen molar-refractivity contribution in [2.45, 2.75) is 13.3 Å². The molecule has 0 bridgehead atoms. The first kappa shape index (κ1) is 20.0. The third kappa shape index (κ3) is 4.95. The van der Waals surface area contributed by atoms with Crippen LogP contribution in [-0.2, 0) is 19.1 Å². The zero-order chi connectivity index (χ0) is 21.0. The van der Waals surface area contributed by atoms with Crippen LogP contribution in [0.15, 0.2) is 48.5 Å². The molecule has 2 aromatic carbocycles. The van der Waals surface area contributed by atoms with Crippen molar-refractivity contribution in [1.82, 2.24) is 0 Å². The van der Waals surface area contributed by atoms with Crippen LogP contribution < -0.4 is 10.2 Å². The molecule has 1 aliphatic heterocycles. The lowest BCUT2D eigenvalue weighted by molar-refractivity contribution is -0.384. The lowest BCUT2D eigenvalue weighted by atomic mass is 10.1. The topological polar surface area (TPSA) is 119 Å². The molecule has 0 aliphatic carbocycles. The minimum Gasteiger partial charge on any atom is -0.455 e. The SMILES string of the molecule is Cc1cccc(N2C[C@H](C(=O)OCC(=O)Nc3cccc([N+](=O)[O-])c3)CC2=O)c1. The van der Waals surface area contributed by atoms with Gasteiger partial charge in [0.25, 0.3) is 11.6 Å².